The molecule has 0 bridgehead atoms. The molecule has 2 aliphatic rings. The first kappa shape index (κ1) is 19.9. The molecule has 1 N–H and O–H groups in total. The van der Waals surface area contributed by atoms with Gasteiger partial charge in [-0.1, -0.05) is 24.3 Å². The van der Waals surface area contributed by atoms with Crippen LogP contribution in [0.25, 0.3) is 0 Å². The van der Waals surface area contributed by atoms with Gasteiger partial charge < -0.3 is 15.0 Å². The molecule has 4 rings (SSSR count). The Kier molecular flexibility index (Phi) is 6.80. The molecule has 0 aromatic heterocycles. The van der Waals surface area contributed by atoms with Crippen LogP contribution in [0.15, 0.2) is 48.5 Å². The molecule has 2 saturated heterocycles. The van der Waals surface area contributed by atoms with E-state index in [1.165, 1.54) is 30.5 Å². The van der Waals surface area contributed by atoms with Crippen LogP contribution in [-0.4, -0.2) is 50.2 Å². The molecule has 2 fully saturated rings. The third-order valence-electron chi connectivity index (χ3n) is 5.81. The average Bonchev–Trinajstić information content (AvgIpc) is 2.79. The lowest BCUT2D eigenvalue weighted by molar-refractivity contribution is 0.0342. The van der Waals surface area contributed by atoms with Crippen molar-refractivity contribution in [2.45, 2.75) is 32.4 Å². The van der Waals surface area contributed by atoms with Gasteiger partial charge in [-0.2, -0.15) is 0 Å². The number of hydrogen-bond acceptors (Lipinski definition) is 4. The highest BCUT2D eigenvalue weighted by atomic mass is 16.5. The standard InChI is InChI=1S/C24H31N3O2/c28-24(22-7-9-23(10-8-22)27-11-2-1-3-12-27)25-18-20-5-4-6-21(17-20)19-26-13-15-29-16-14-26/h4-10,17H,1-3,11-16,18-19H2,(H,25,28). The molecule has 0 unspecified atom stereocenters. The van der Waals surface area contributed by atoms with Gasteiger partial charge in [-0.25, -0.2) is 0 Å². The average molecular weight is 394 g/mol. The summed E-state index contributed by atoms with van der Waals surface area (Å²) in [5.74, 6) is -0.0197. The number of rotatable bonds is 6. The van der Waals surface area contributed by atoms with Crippen molar-refractivity contribution in [3.63, 3.8) is 0 Å². The lowest BCUT2D eigenvalue weighted by atomic mass is 10.1. The Balaban J connectivity index is 1.30. The van der Waals surface area contributed by atoms with Gasteiger partial charge in [0.15, 0.2) is 0 Å². The topological polar surface area (TPSA) is 44.8 Å². The van der Waals surface area contributed by atoms with Crippen LogP contribution in [0.3, 0.4) is 0 Å². The van der Waals surface area contributed by atoms with Crippen molar-refractivity contribution in [3.8, 4) is 0 Å². The van der Waals surface area contributed by atoms with Gasteiger partial charge >= 0.3 is 0 Å². The van der Waals surface area contributed by atoms with Crippen LogP contribution in [0.1, 0.15) is 40.7 Å². The van der Waals surface area contributed by atoms with Crippen molar-refractivity contribution < 1.29 is 9.53 Å². The summed E-state index contributed by atoms with van der Waals surface area (Å²) >= 11 is 0. The van der Waals surface area contributed by atoms with Crippen molar-refractivity contribution in [2.24, 2.45) is 0 Å². The fraction of sp³-hybridized carbons (Fsp3) is 0.458. The molecule has 154 valence electrons. The quantitative estimate of drug-likeness (QED) is 0.817. The molecule has 0 spiro atoms. The van der Waals surface area contributed by atoms with Crippen molar-refractivity contribution in [1.82, 2.24) is 10.2 Å². The van der Waals surface area contributed by atoms with E-state index in [0.717, 1.165) is 57.1 Å². The number of morpholine rings is 1. The highest BCUT2D eigenvalue weighted by Crippen LogP contribution is 2.20. The number of carbonyl (C=O) groups is 1. The zero-order chi connectivity index (χ0) is 19.9. The van der Waals surface area contributed by atoms with E-state index in [9.17, 15) is 4.79 Å². The SMILES string of the molecule is O=C(NCc1cccc(CN2CCOCC2)c1)c1ccc(N2CCCCC2)cc1. The van der Waals surface area contributed by atoms with Gasteiger partial charge in [0, 0.05) is 50.5 Å². The van der Waals surface area contributed by atoms with Gasteiger partial charge in [-0.15, -0.1) is 0 Å². The highest BCUT2D eigenvalue weighted by molar-refractivity contribution is 5.94. The minimum absolute atomic E-state index is 0.0197. The molecular weight excluding hydrogens is 362 g/mol. The van der Waals surface area contributed by atoms with Gasteiger partial charge in [0.1, 0.15) is 0 Å². The van der Waals surface area contributed by atoms with E-state index in [-0.39, 0.29) is 5.91 Å². The van der Waals surface area contributed by atoms with Crippen molar-refractivity contribution >= 4 is 11.6 Å². The third kappa shape index (κ3) is 5.58. The number of hydrogen-bond donors (Lipinski definition) is 1. The van der Waals surface area contributed by atoms with E-state index in [1.807, 2.05) is 12.1 Å². The van der Waals surface area contributed by atoms with E-state index < -0.39 is 0 Å². The molecule has 0 aliphatic carbocycles. The summed E-state index contributed by atoms with van der Waals surface area (Å²) in [5.41, 5.74) is 4.35. The Morgan fingerprint density at radius 3 is 2.38 bits per heavy atom. The minimum atomic E-state index is -0.0197. The van der Waals surface area contributed by atoms with E-state index in [4.69, 9.17) is 4.74 Å². The van der Waals surface area contributed by atoms with Crippen LogP contribution in [0.5, 0.6) is 0 Å². The van der Waals surface area contributed by atoms with Gasteiger partial charge in [0.05, 0.1) is 13.2 Å². The first-order chi connectivity index (χ1) is 14.3. The Morgan fingerprint density at radius 2 is 1.62 bits per heavy atom. The Morgan fingerprint density at radius 1 is 0.897 bits per heavy atom. The maximum atomic E-state index is 12.6. The normalized spacial score (nSPS) is 17.9. The summed E-state index contributed by atoms with van der Waals surface area (Å²) in [6.45, 7) is 7.30. The summed E-state index contributed by atoms with van der Waals surface area (Å²) in [6.07, 6.45) is 3.84. The molecule has 2 heterocycles. The number of amides is 1. The molecule has 2 aromatic rings. The van der Waals surface area contributed by atoms with Crippen LogP contribution in [-0.2, 0) is 17.8 Å². The van der Waals surface area contributed by atoms with Crippen LogP contribution in [0, 0.1) is 0 Å². The maximum Gasteiger partial charge on any atom is 0.251 e. The lowest BCUT2D eigenvalue weighted by Gasteiger charge is -2.28. The first-order valence-electron chi connectivity index (χ1n) is 10.8. The molecule has 29 heavy (non-hydrogen) atoms. The first-order valence-corrected chi connectivity index (χ1v) is 10.8. The van der Waals surface area contributed by atoms with Crippen LogP contribution in [0.2, 0.25) is 0 Å². The van der Waals surface area contributed by atoms with E-state index in [0.29, 0.717) is 6.54 Å². The van der Waals surface area contributed by atoms with Crippen LogP contribution in [0.4, 0.5) is 5.69 Å². The molecule has 1 amide bonds. The summed E-state index contributed by atoms with van der Waals surface area (Å²) in [4.78, 5) is 17.4. The van der Waals surface area contributed by atoms with E-state index in [2.05, 4.69) is 51.5 Å². The number of carbonyl (C=O) groups excluding carboxylic acids is 1. The Hall–Kier alpha value is -2.37. The van der Waals surface area contributed by atoms with Gasteiger partial charge in [-0.05, 0) is 54.7 Å². The number of benzene rings is 2. The molecule has 0 radical (unpaired) electrons. The van der Waals surface area contributed by atoms with Gasteiger partial charge in [-0.3, -0.25) is 9.69 Å². The number of nitrogens with zero attached hydrogens (tertiary/aromatic N) is 2. The van der Waals surface area contributed by atoms with E-state index >= 15 is 0 Å². The predicted octanol–water partition coefficient (Wildman–Crippen LogP) is 3.44. The molecule has 2 aromatic carbocycles. The predicted molar refractivity (Wildman–Crippen MR) is 116 cm³/mol. The van der Waals surface area contributed by atoms with Crippen molar-refractivity contribution in [2.75, 3.05) is 44.3 Å². The smallest absolute Gasteiger partial charge is 0.251 e. The number of nitrogens with one attached hydrogen (secondary N) is 1. The second-order valence-corrected chi connectivity index (χ2v) is 7.99. The second kappa shape index (κ2) is 9.90. The molecular formula is C24H31N3O2. The monoisotopic (exact) mass is 393 g/mol. The van der Waals surface area contributed by atoms with Crippen LogP contribution >= 0.6 is 0 Å². The zero-order valence-corrected chi connectivity index (χ0v) is 17.1. The zero-order valence-electron chi connectivity index (χ0n) is 17.1. The summed E-state index contributed by atoms with van der Waals surface area (Å²) in [6, 6.07) is 16.5. The summed E-state index contributed by atoms with van der Waals surface area (Å²) in [7, 11) is 0. The number of ether oxygens (including phenoxy) is 1. The molecule has 5 heteroatoms. The third-order valence-corrected chi connectivity index (χ3v) is 5.81. The summed E-state index contributed by atoms with van der Waals surface area (Å²) in [5, 5.41) is 3.06. The Bertz CT molecular complexity index is 794. The highest BCUT2D eigenvalue weighted by Gasteiger charge is 2.13. The Labute approximate surface area is 173 Å². The van der Waals surface area contributed by atoms with Crippen molar-refractivity contribution in [1.29, 1.82) is 0 Å². The second-order valence-electron chi connectivity index (χ2n) is 7.99. The minimum Gasteiger partial charge on any atom is -0.379 e. The molecule has 0 atom stereocenters. The van der Waals surface area contributed by atoms with Gasteiger partial charge in [0.2, 0.25) is 0 Å². The fourth-order valence-corrected chi connectivity index (χ4v) is 4.12. The fourth-order valence-electron chi connectivity index (χ4n) is 4.12. The lowest BCUT2D eigenvalue weighted by Crippen LogP contribution is -2.35. The number of piperidine rings is 1. The molecule has 2 aliphatic heterocycles. The van der Waals surface area contributed by atoms with Crippen molar-refractivity contribution in [3.05, 3.63) is 65.2 Å². The maximum absolute atomic E-state index is 12.6. The largest absolute Gasteiger partial charge is 0.379 e. The van der Waals surface area contributed by atoms with E-state index in [1.54, 1.807) is 0 Å². The summed E-state index contributed by atoms with van der Waals surface area (Å²) < 4.78 is 5.42. The molecule has 5 nitrogen and oxygen atoms in total. The molecule has 0 saturated carbocycles. The van der Waals surface area contributed by atoms with Crippen LogP contribution < -0.4 is 10.2 Å². The number of anilines is 1. The van der Waals surface area contributed by atoms with Gasteiger partial charge in [0.25, 0.3) is 5.91 Å².